The Kier molecular flexibility index (Phi) is 5.65. The van der Waals surface area contributed by atoms with Gasteiger partial charge >= 0.3 is 11.9 Å². The number of hydrogen-bond acceptors (Lipinski definition) is 8. The Morgan fingerprint density at radius 3 is 2.50 bits per heavy atom. The van der Waals surface area contributed by atoms with E-state index >= 15 is 0 Å². The Labute approximate surface area is 162 Å². The van der Waals surface area contributed by atoms with Crippen LogP contribution in [-0.2, 0) is 23.8 Å². The normalized spacial score (nSPS) is 14.1. The number of hydrogen-bond donors (Lipinski definition) is 0. The largest absolute Gasteiger partial charge is 0.494 e. The third-order valence-electron chi connectivity index (χ3n) is 4.30. The van der Waals surface area contributed by atoms with Crippen molar-refractivity contribution in [1.29, 1.82) is 0 Å². The first-order valence-corrected chi connectivity index (χ1v) is 8.44. The van der Waals surface area contributed by atoms with Crippen molar-refractivity contribution in [1.82, 2.24) is 9.55 Å². The highest BCUT2D eigenvalue weighted by Gasteiger charge is 2.32. The molecular weight excluding hydrogens is 366 g/mol. The molecule has 0 unspecified atom stereocenters. The van der Waals surface area contributed by atoms with E-state index in [1.165, 1.54) is 14.2 Å². The van der Waals surface area contributed by atoms with E-state index in [4.69, 9.17) is 18.9 Å². The molecule has 1 aromatic carbocycles. The van der Waals surface area contributed by atoms with Crippen LogP contribution in [0.4, 0.5) is 5.69 Å². The Morgan fingerprint density at radius 2 is 1.89 bits per heavy atom. The first-order valence-electron chi connectivity index (χ1n) is 8.44. The highest BCUT2D eigenvalue weighted by molar-refractivity contribution is 6.03. The average Bonchev–Trinajstić information content (AvgIpc) is 3.17. The van der Waals surface area contributed by atoms with Gasteiger partial charge in [0, 0.05) is 18.0 Å². The molecule has 2 aromatic rings. The maximum Gasteiger partial charge on any atom is 0.355 e. The molecular formula is C19H21N3O6. The number of nitrogens with zero attached hydrogens (tertiary/aromatic N) is 3. The Balaban J connectivity index is 2.08. The van der Waals surface area contributed by atoms with E-state index in [9.17, 15) is 9.59 Å². The molecule has 3 rings (SSSR count). The number of methoxy groups -OCH3 is 3. The fourth-order valence-corrected chi connectivity index (χ4v) is 2.95. The molecule has 9 heteroatoms. The molecule has 0 fully saturated rings. The summed E-state index contributed by atoms with van der Waals surface area (Å²) in [5, 5.41) is 0. The van der Waals surface area contributed by atoms with E-state index in [1.54, 1.807) is 30.5 Å². The van der Waals surface area contributed by atoms with Gasteiger partial charge < -0.3 is 28.4 Å². The van der Waals surface area contributed by atoms with Crippen LogP contribution in [0.5, 0.6) is 5.75 Å². The maximum atomic E-state index is 12.4. The molecule has 148 valence electrons. The fourth-order valence-electron chi connectivity index (χ4n) is 2.95. The Bertz CT molecular complexity index is 934. The first kappa shape index (κ1) is 19.4. The SMILES string of the molecule is COC(=O)C1=C(C(=O)OC)N(c2ccc(-n3cnc(C)c3)c(OC)c2)COC1. The van der Waals surface area contributed by atoms with Gasteiger partial charge in [-0.25, -0.2) is 14.6 Å². The molecule has 0 atom stereocenters. The van der Waals surface area contributed by atoms with Gasteiger partial charge in [-0.15, -0.1) is 0 Å². The van der Waals surface area contributed by atoms with E-state index < -0.39 is 11.9 Å². The number of aromatic nitrogens is 2. The van der Waals surface area contributed by atoms with Crippen LogP contribution in [0.25, 0.3) is 5.69 Å². The topological polar surface area (TPSA) is 92.1 Å². The first-order chi connectivity index (χ1) is 13.5. The molecule has 0 amide bonds. The monoisotopic (exact) mass is 387 g/mol. The van der Waals surface area contributed by atoms with Gasteiger partial charge in [0.05, 0.1) is 51.2 Å². The van der Waals surface area contributed by atoms with Crippen LogP contribution in [0.15, 0.2) is 42.0 Å². The highest BCUT2D eigenvalue weighted by atomic mass is 16.5. The minimum Gasteiger partial charge on any atom is -0.494 e. The minimum absolute atomic E-state index is 0.0445. The standard InChI is InChI=1S/C19H21N3O6/c1-12-8-21(10-20-12)15-6-5-13(7-16(15)25-2)22-11-28-9-14(18(23)26-3)17(22)19(24)27-4/h5-8,10H,9,11H2,1-4H3. The van der Waals surface area contributed by atoms with Gasteiger partial charge in [-0.2, -0.15) is 0 Å². The summed E-state index contributed by atoms with van der Waals surface area (Å²) in [6, 6.07) is 5.37. The van der Waals surface area contributed by atoms with Crippen molar-refractivity contribution in [2.45, 2.75) is 6.92 Å². The molecule has 28 heavy (non-hydrogen) atoms. The highest BCUT2D eigenvalue weighted by Crippen LogP contribution is 2.33. The van der Waals surface area contributed by atoms with Crippen LogP contribution in [-0.4, -0.2) is 56.2 Å². The molecule has 0 spiro atoms. The number of rotatable bonds is 5. The Hall–Kier alpha value is -3.33. The van der Waals surface area contributed by atoms with Crippen molar-refractivity contribution in [3.63, 3.8) is 0 Å². The third-order valence-corrected chi connectivity index (χ3v) is 4.30. The van der Waals surface area contributed by atoms with Crippen molar-refractivity contribution >= 4 is 17.6 Å². The van der Waals surface area contributed by atoms with Crippen molar-refractivity contribution in [3.8, 4) is 11.4 Å². The zero-order valence-corrected chi connectivity index (χ0v) is 16.1. The molecule has 1 aliphatic heterocycles. The van der Waals surface area contributed by atoms with E-state index in [2.05, 4.69) is 4.98 Å². The zero-order valence-electron chi connectivity index (χ0n) is 16.1. The van der Waals surface area contributed by atoms with Crippen molar-refractivity contribution in [2.24, 2.45) is 0 Å². The number of esters is 2. The lowest BCUT2D eigenvalue weighted by Crippen LogP contribution is -2.38. The molecule has 0 aliphatic carbocycles. The van der Waals surface area contributed by atoms with E-state index in [0.717, 1.165) is 11.4 Å². The summed E-state index contributed by atoms with van der Waals surface area (Å²) in [6.07, 6.45) is 3.56. The second-order valence-electron chi connectivity index (χ2n) is 5.99. The molecule has 0 radical (unpaired) electrons. The minimum atomic E-state index is -0.656. The third kappa shape index (κ3) is 3.56. The summed E-state index contributed by atoms with van der Waals surface area (Å²) >= 11 is 0. The fraction of sp³-hybridized carbons (Fsp3) is 0.316. The molecule has 0 bridgehead atoms. The van der Waals surface area contributed by atoms with Crippen molar-refractivity contribution in [3.05, 3.63) is 47.7 Å². The second-order valence-corrected chi connectivity index (χ2v) is 5.99. The van der Waals surface area contributed by atoms with Crippen LogP contribution in [0.1, 0.15) is 5.69 Å². The molecule has 0 saturated heterocycles. The number of carbonyl (C=O) groups excluding carboxylic acids is 2. The predicted molar refractivity (Wildman–Crippen MR) is 99.2 cm³/mol. The predicted octanol–water partition coefficient (Wildman–Crippen LogP) is 1.58. The van der Waals surface area contributed by atoms with E-state index in [0.29, 0.717) is 11.4 Å². The number of carbonyl (C=O) groups is 2. The summed E-state index contributed by atoms with van der Waals surface area (Å²) in [5.41, 5.74) is 2.41. The van der Waals surface area contributed by atoms with Crippen LogP contribution < -0.4 is 9.64 Å². The van der Waals surface area contributed by atoms with Gasteiger partial charge in [0.2, 0.25) is 0 Å². The molecule has 0 saturated carbocycles. The summed E-state index contributed by atoms with van der Waals surface area (Å²) in [4.78, 5) is 30.3. The number of aryl methyl sites for hydroxylation is 1. The number of anilines is 1. The number of imidazole rings is 1. The van der Waals surface area contributed by atoms with Gasteiger partial charge in [-0.3, -0.25) is 0 Å². The van der Waals surface area contributed by atoms with Gasteiger partial charge in [0.25, 0.3) is 0 Å². The van der Waals surface area contributed by atoms with Crippen LogP contribution in [0, 0.1) is 6.92 Å². The van der Waals surface area contributed by atoms with E-state index in [1.807, 2.05) is 23.8 Å². The van der Waals surface area contributed by atoms with Crippen LogP contribution in [0.3, 0.4) is 0 Å². The van der Waals surface area contributed by atoms with Crippen LogP contribution in [0.2, 0.25) is 0 Å². The zero-order chi connectivity index (χ0) is 20.3. The van der Waals surface area contributed by atoms with Gasteiger partial charge in [-0.1, -0.05) is 0 Å². The van der Waals surface area contributed by atoms with Gasteiger partial charge in [-0.05, 0) is 19.1 Å². The van der Waals surface area contributed by atoms with Gasteiger partial charge in [0.15, 0.2) is 0 Å². The second kappa shape index (κ2) is 8.13. The molecule has 0 N–H and O–H groups in total. The van der Waals surface area contributed by atoms with Gasteiger partial charge in [0.1, 0.15) is 18.2 Å². The molecule has 2 heterocycles. The summed E-state index contributed by atoms with van der Waals surface area (Å²) in [7, 11) is 4.05. The number of ether oxygens (including phenoxy) is 4. The smallest absolute Gasteiger partial charge is 0.355 e. The average molecular weight is 387 g/mol. The molecule has 1 aromatic heterocycles. The number of benzene rings is 1. The van der Waals surface area contributed by atoms with E-state index in [-0.39, 0.29) is 24.6 Å². The van der Waals surface area contributed by atoms with Crippen molar-refractivity contribution in [2.75, 3.05) is 39.6 Å². The summed E-state index contributed by atoms with van der Waals surface area (Å²) in [6.45, 7) is 1.92. The summed E-state index contributed by atoms with van der Waals surface area (Å²) in [5.74, 6) is -0.746. The molecule has 9 nitrogen and oxygen atoms in total. The lowest BCUT2D eigenvalue weighted by Gasteiger charge is -2.31. The lowest BCUT2D eigenvalue weighted by atomic mass is 10.1. The lowest BCUT2D eigenvalue weighted by molar-refractivity contribution is -0.140. The summed E-state index contributed by atoms with van der Waals surface area (Å²) < 4.78 is 22.5. The van der Waals surface area contributed by atoms with Crippen molar-refractivity contribution < 1.29 is 28.5 Å². The Morgan fingerprint density at radius 1 is 1.14 bits per heavy atom. The molecule has 1 aliphatic rings. The van der Waals surface area contributed by atoms with Crippen LogP contribution >= 0.6 is 0 Å². The quantitative estimate of drug-likeness (QED) is 0.714. The maximum absolute atomic E-state index is 12.4.